The number of nitrogens with one attached hydrogen (secondary N) is 1. The number of rotatable bonds is 5. The molecule has 3 N–H and O–H groups in total. The topological polar surface area (TPSA) is 55.1 Å². The highest BCUT2D eigenvalue weighted by atomic mass is 19.1. The molecule has 4 heteroatoms. The van der Waals surface area contributed by atoms with Gasteiger partial charge in [0.25, 0.3) is 0 Å². The molecule has 1 aromatic carbocycles. The Bertz CT molecular complexity index is 329. The van der Waals surface area contributed by atoms with Crippen LogP contribution < -0.4 is 11.1 Å². The van der Waals surface area contributed by atoms with E-state index in [1.165, 1.54) is 7.05 Å². The van der Waals surface area contributed by atoms with Gasteiger partial charge in [-0.2, -0.15) is 0 Å². The van der Waals surface area contributed by atoms with Gasteiger partial charge in [0, 0.05) is 7.05 Å². The summed E-state index contributed by atoms with van der Waals surface area (Å²) in [6.07, 6.45) is -1.06. The van der Waals surface area contributed by atoms with Crippen molar-refractivity contribution in [1.82, 2.24) is 5.32 Å². The number of likely N-dealkylation sites (N-methyl/N-ethyl adjacent to an activating group) is 1. The molecule has 88 valence electrons. The highest BCUT2D eigenvalue weighted by Gasteiger charge is 2.28. The zero-order valence-electron chi connectivity index (χ0n) is 9.32. The monoisotopic (exact) mass is 224 g/mol. The summed E-state index contributed by atoms with van der Waals surface area (Å²) in [6, 6.07) is 8.92. The number of hydrogen-bond donors (Lipinski definition) is 2. The van der Waals surface area contributed by atoms with Crippen LogP contribution in [0.2, 0.25) is 0 Å². The molecule has 0 aliphatic heterocycles. The lowest BCUT2D eigenvalue weighted by molar-refractivity contribution is -0.123. The van der Waals surface area contributed by atoms with Gasteiger partial charge in [-0.3, -0.25) is 4.79 Å². The smallest absolute Gasteiger partial charge is 0.230 e. The Hall–Kier alpha value is -1.42. The predicted octanol–water partition coefficient (Wildman–Crippen LogP) is 1.20. The van der Waals surface area contributed by atoms with Crippen LogP contribution in [0, 0.1) is 0 Å². The minimum Gasteiger partial charge on any atom is -0.359 e. The van der Waals surface area contributed by atoms with Crippen LogP contribution in [0.15, 0.2) is 30.3 Å². The summed E-state index contributed by atoms with van der Waals surface area (Å²) in [5.74, 6) is -1.08. The molecule has 0 saturated carbocycles. The molecule has 0 bridgehead atoms. The highest BCUT2D eigenvalue weighted by molar-refractivity contribution is 5.84. The van der Waals surface area contributed by atoms with Gasteiger partial charge in [-0.25, -0.2) is 4.39 Å². The van der Waals surface area contributed by atoms with Crippen molar-refractivity contribution in [3.8, 4) is 0 Å². The molecule has 1 aromatic rings. The van der Waals surface area contributed by atoms with E-state index in [1.807, 2.05) is 6.07 Å². The van der Waals surface area contributed by atoms with Gasteiger partial charge in [-0.1, -0.05) is 30.3 Å². The van der Waals surface area contributed by atoms with E-state index >= 15 is 0 Å². The number of halogens is 1. The van der Waals surface area contributed by atoms with E-state index in [-0.39, 0.29) is 18.9 Å². The summed E-state index contributed by atoms with van der Waals surface area (Å²) in [4.78, 5) is 11.6. The molecule has 0 fully saturated rings. The van der Waals surface area contributed by atoms with Gasteiger partial charge < -0.3 is 11.1 Å². The van der Waals surface area contributed by atoms with Crippen molar-refractivity contribution >= 4 is 5.91 Å². The first-order valence-corrected chi connectivity index (χ1v) is 5.31. The quantitative estimate of drug-likeness (QED) is 0.789. The number of carbonyl (C=O) groups excluding carboxylic acids is 1. The lowest BCUT2D eigenvalue weighted by Gasteiger charge is -2.19. The van der Waals surface area contributed by atoms with Crippen molar-refractivity contribution < 1.29 is 9.18 Å². The van der Waals surface area contributed by atoms with E-state index in [2.05, 4.69) is 5.32 Å². The van der Waals surface area contributed by atoms with Crippen molar-refractivity contribution in [1.29, 1.82) is 0 Å². The third-order valence-electron chi connectivity index (χ3n) is 2.49. The molecular formula is C12H17FN2O. The minimum absolute atomic E-state index is 0.187. The Morgan fingerprint density at radius 1 is 1.44 bits per heavy atom. The van der Waals surface area contributed by atoms with E-state index in [0.717, 1.165) is 0 Å². The lowest BCUT2D eigenvalue weighted by Crippen LogP contribution is -2.33. The van der Waals surface area contributed by atoms with Gasteiger partial charge in [0.05, 0.1) is 5.92 Å². The van der Waals surface area contributed by atoms with Crippen LogP contribution in [0.4, 0.5) is 4.39 Å². The van der Waals surface area contributed by atoms with E-state index in [0.29, 0.717) is 5.56 Å². The molecule has 16 heavy (non-hydrogen) atoms. The van der Waals surface area contributed by atoms with Crippen LogP contribution in [-0.4, -0.2) is 25.7 Å². The number of amides is 1. The Kier molecular flexibility index (Phi) is 4.92. The Morgan fingerprint density at radius 2 is 2.06 bits per heavy atom. The lowest BCUT2D eigenvalue weighted by atomic mass is 9.92. The van der Waals surface area contributed by atoms with Crippen LogP contribution in [0.5, 0.6) is 0 Å². The van der Waals surface area contributed by atoms with Crippen LogP contribution in [0.1, 0.15) is 17.9 Å². The van der Waals surface area contributed by atoms with Crippen molar-refractivity contribution in [2.45, 2.75) is 18.5 Å². The summed E-state index contributed by atoms with van der Waals surface area (Å²) in [5, 5.41) is 2.48. The Labute approximate surface area is 94.8 Å². The fourth-order valence-corrected chi connectivity index (χ4v) is 1.67. The highest BCUT2D eigenvalue weighted by Crippen LogP contribution is 2.24. The number of hydrogen-bond acceptors (Lipinski definition) is 2. The van der Waals surface area contributed by atoms with Crippen molar-refractivity contribution in [2.75, 3.05) is 13.6 Å². The molecule has 0 aliphatic carbocycles. The third kappa shape index (κ3) is 3.03. The van der Waals surface area contributed by atoms with E-state index in [4.69, 9.17) is 5.73 Å². The van der Waals surface area contributed by atoms with Gasteiger partial charge in [-0.15, -0.1) is 0 Å². The second-order valence-electron chi connectivity index (χ2n) is 3.60. The van der Waals surface area contributed by atoms with Crippen molar-refractivity contribution in [3.63, 3.8) is 0 Å². The van der Waals surface area contributed by atoms with Gasteiger partial charge in [-0.05, 0) is 18.5 Å². The van der Waals surface area contributed by atoms with Crippen LogP contribution in [0.3, 0.4) is 0 Å². The fraction of sp³-hybridized carbons (Fsp3) is 0.417. The molecule has 0 spiro atoms. The van der Waals surface area contributed by atoms with Gasteiger partial charge in [0.15, 0.2) is 0 Å². The van der Waals surface area contributed by atoms with Crippen LogP contribution in [0.25, 0.3) is 0 Å². The van der Waals surface area contributed by atoms with E-state index in [1.54, 1.807) is 24.3 Å². The molecule has 0 saturated heterocycles. The fourth-order valence-electron chi connectivity index (χ4n) is 1.67. The first-order chi connectivity index (χ1) is 7.70. The zero-order chi connectivity index (χ0) is 12.0. The summed E-state index contributed by atoms with van der Waals surface area (Å²) in [5.41, 5.74) is 6.00. The average molecular weight is 224 g/mol. The summed E-state index contributed by atoms with van der Waals surface area (Å²) >= 11 is 0. The maximum atomic E-state index is 13.8. The Balaban J connectivity index is 2.92. The summed E-state index contributed by atoms with van der Waals surface area (Å²) < 4.78 is 13.8. The molecule has 3 nitrogen and oxygen atoms in total. The molecule has 1 amide bonds. The predicted molar refractivity (Wildman–Crippen MR) is 61.8 cm³/mol. The minimum atomic E-state index is -1.24. The number of benzene rings is 1. The standard InChI is InChI=1S/C12H17FN2O/c1-15-12(16)11(10(13)7-8-14)9-5-3-2-4-6-9/h2-6,10-11H,7-8,14H2,1H3,(H,15,16). The van der Waals surface area contributed by atoms with E-state index < -0.39 is 12.1 Å². The van der Waals surface area contributed by atoms with Gasteiger partial charge >= 0.3 is 0 Å². The summed E-state index contributed by atoms with van der Waals surface area (Å²) in [6.45, 7) is 0.238. The molecular weight excluding hydrogens is 207 g/mol. The van der Waals surface area contributed by atoms with Gasteiger partial charge in [0.1, 0.15) is 6.17 Å². The largest absolute Gasteiger partial charge is 0.359 e. The van der Waals surface area contributed by atoms with Crippen molar-refractivity contribution in [3.05, 3.63) is 35.9 Å². The second kappa shape index (κ2) is 6.23. The molecule has 0 heterocycles. The molecule has 1 rings (SSSR count). The molecule has 0 aliphatic rings. The Morgan fingerprint density at radius 3 is 2.56 bits per heavy atom. The average Bonchev–Trinajstić information content (AvgIpc) is 2.31. The second-order valence-corrected chi connectivity index (χ2v) is 3.60. The van der Waals surface area contributed by atoms with Crippen molar-refractivity contribution in [2.24, 2.45) is 5.73 Å². The maximum Gasteiger partial charge on any atom is 0.230 e. The summed E-state index contributed by atoms with van der Waals surface area (Å²) in [7, 11) is 1.51. The molecule has 2 unspecified atom stereocenters. The van der Waals surface area contributed by atoms with Gasteiger partial charge in [0.2, 0.25) is 5.91 Å². The van der Waals surface area contributed by atoms with Crippen LogP contribution >= 0.6 is 0 Å². The first kappa shape index (κ1) is 12.6. The van der Waals surface area contributed by atoms with E-state index in [9.17, 15) is 9.18 Å². The SMILES string of the molecule is CNC(=O)C(c1ccccc1)C(F)CCN. The molecule has 0 radical (unpaired) electrons. The third-order valence-corrected chi connectivity index (χ3v) is 2.49. The normalized spacial score (nSPS) is 14.2. The zero-order valence-corrected chi connectivity index (χ0v) is 9.32. The number of carbonyl (C=O) groups is 1. The number of nitrogens with two attached hydrogens (primary N) is 1. The van der Waals surface area contributed by atoms with Crippen LogP contribution in [-0.2, 0) is 4.79 Å². The maximum absolute atomic E-state index is 13.8. The number of alkyl halides is 1. The first-order valence-electron chi connectivity index (χ1n) is 5.31. The molecule has 0 aromatic heterocycles. The molecule has 2 atom stereocenters.